The Morgan fingerprint density at radius 2 is 1.90 bits per heavy atom. The fourth-order valence-electron chi connectivity index (χ4n) is 4.68. The van der Waals surface area contributed by atoms with Crippen LogP contribution in [-0.4, -0.2) is 61.1 Å². The molecule has 220 valence electrons. The van der Waals surface area contributed by atoms with E-state index in [4.69, 9.17) is 9.47 Å². The summed E-state index contributed by atoms with van der Waals surface area (Å²) in [7, 11) is 0. The van der Waals surface area contributed by atoms with Crippen LogP contribution in [0.25, 0.3) is 16.7 Å². The maximum atomic E-state index is 13.0. The first-order valence-electron chi connectivity index (χ1n) is 13.1. The molecule has 0 radical (unpaired) electrons. The number of ether oxygens (including phenoxy) is 2. The number of carbonyl (C=O) groups excluding carboxylic acids is 1. The molecular formula is C27H32F3N7O3S. The van der Waals surface area contributed by atoms with Crippen molar-refractivity contribution in [3.63, 3.8) is 0 Å². The summed E-state index contributed by atoms with van der Waals surface area (Å²) in [5, 5.41) is 11.1. The van der Waals surface area contributed by atoms with E-state index in [0.717, 1.165) is 38.2 Å². The SMILES string of the molecule is CC(C)(Cn1cc(-c2ccc3c(c2)OCCC2=C3CN(c3ncnn3CC(F)(F)F)S2)cn1)NC(=O)OC(C)(C)C. The topological polar surface area (TPSA) is 99.3 Å². The molecule has 10 nitrogen and oxygen atoms in total. The Labute approximate surface area is 240 Å². The normalized spacial score (nSPS) is 15.8. The number of carbonyl (C=O) groups is 1. The Morgan fingerprint density at radius 3 is 2.63 bits per heavy atom. The first-order valence-corrected chi connectivity index (χ1v) is 13.9. The molecule has 1 N–H and O–H groups in total. The predicted octanol–water partition coefficient (Wildman–Crippen LogP) is 5.67. The Hall–Kier alpha value is -3.68. The number of rotatable bonds is 6. The van der Waals surface area contributed by atoms with Crippen LogP contribution in [0.4, 0.5) is 23.9 Å². The summed E-state index contributed by atoms with van der Waals surface area (Å²) >= 11 is 1.38. The van der Waals surface area contributed by atoms with E-state index in [1.807, 2.05) is 59.0 Å². The van der Waals surface area contributed by atoms with Crippen molar-refractivity contribution < 1.29 is 27.4 Å². The third-order valence-corrected chi connectivity index (χ3v) is 7.45. The second kappa shape index (κ2) is 10.6. The molecule has 0 bridgehead atoms. The third-order valence-electron chi connectivity index (χ3n) is 6.26. The van der Waals surface area contributed by atoms with Gasteiger partial charge in [-0.15, -0.1) is 0 Å². The van der Waals surface area contributed by atoms with Gasteiger partial charge in [0.2, 0.25) is 5.95 Å². The maximum absolute atomic E-state index is 13.0. The molecule has 14 heteroatoms. The van der Waals surface area contributed by atoms with Crippen LogP contribution in [0.5, 0.6) is 5.75 Å². The highest BCUT2D eigenvalue weighted by molar-refractivity contribution is 8.04. The lowest BCUT2D eigenvalue weighted by Gasteiger charge is -2.28. The molecule has 0 spiro atoms. The average molecular weight is 592 g/mol. The largest absolute Gasteiger partial charge is 0.493 e. The Morgan fingerprint density at radius 1 is 1.12 bits per heavy atom. The zero-order chi connectivity index (χ0) is 29.6. The second-order valence-corrected chi connectivity index (χ2v) is 12.7. The van der Waals surface area contributed by atoms with Crippen LogP contribution in [0, 0.1) is 0 Å². The van der Waals surface area contributed by atoms with Crippen LogP contribution >= 0.6 is 11.9 Å². The molecule has 0 saturated carbocycles. The van der Waals surface area contributed by atoms with Gasteiger partial charge in [0.05, 0.1) is 31.4 Å². The van der Waals surface area contributed by atoms with Crippen molar-refractivity contribution >= 4 is 29.6 Å². The standard InChI is InChI=1S/C27H32F3N7O3S/c1-25(2,3)40-24(38)34-26(4,5)14-35-12-18(11-32-35)17-6-7-19-20-13-37(41-22(20)8-9-39-21(19)10-17)23-31-16-33-36(23)15-27(28,29)30/h6-7,10-12,16H,8-9,13-15H2,1-5H3,(H,34,38). The van der Waals surface area contributed by atoms with Crippen LogP contribution < -0.4 is 14.4 Å². The lowest BCUT2D eigenvalue weighted by molar-refractivity contribution is -0.142. The molecule has 41 heavy (non-hydrogen) atoms. The second-order valence-electron chi connectivity index (χ2n) is 11.6. The molecular weight excluding hydrogens is 559 g/mol. The first kappa shape index (κ1) is 28.8. The van der Waals surface area contributed by atoms with E-state index < -0.39 is 30.0 Å². The lowest BCUT2D eigenvalue weighted by atomic mass is 10.00. The minimum atomic E-state index is -4.40. The molecule has 1 aromatic carbocycles. The van der Waals surface area contributed by atoms with Crippen molar-refractivity contribution in [2.24, 2.45) is 0 Å². The Bertz CT molecular complexity index is 1470. The summed E-state index contributed by atoms with van der Waals surface area (Å²) in [5.41, 5.74) is 2.48. The predicted molar refractivity (Wildman–Crippen MR) is 149 cm³/mol. The fourth-order valence-corrected chi connectivity index (χ4v) is 5.82. The van der Waals surface area contributed by atoms with Crippen LogP contribution in [-0.2, 0) is 17.8 Å². The number of amides is 1. The quantitative estimate of drug-likeness (QED) is 0.366. The molecule has 0 aliphatic carbocycles. The fraction of sp³-hybridized carbons (Fsp3) is 0.481. The molecule has 2 aliphatic heterocycles. The molecule has 0 unspecified atom stereocenters. The summed E-state index contributed by atoms with van der Waals surface area (Å²) < 4.78 is 54.9. The molecule has 2 aliphatic rings. The van der Waals surface area contributed by atoms with Crippen molar-refractivity contribution in [1.29, 1.82) is 0 Å². The van der Waals surface area contributed by atoms with Gasteiger partial charge in [0, 0.05) is 28.6 Å². The van der Waals surface area contributed by atoms with E-state index in [-0.39, 0.29) is 5.95 Å². The highest BCUT2D eigenvalue weighted by atomic mass is 32.2. The van der Waals surface area contributed by atoms with Gasteiger partial charge in [0.1, 0.15) is 24.2 Å². The van der Waals surface area contributed by atoms with Crippen LogP contribution in [0.1, 0.15) is 46.6 Å². The monoisotopic (exact) mass is 591 g/mol. The summed E-state index contributed by atoms with van der Waals surface area (Å²) in [4.78, 5) is 17.4. The third kappa shape index (κ3) is 6.97. The van der Waals surface area contributed by atoms with Gasteiger partial charge in [-0.2, -0.15) is 28.4 Å². The van der Waals surface area contributed by atoms with Gasteiger partial charge < -0.3 is 14.8 Å². The summed E-state index contributed by atoms with van der Waals surface area (Å²) in [6, 6.07) is 5.90. The summed E-state index contributed by atoms with van der Waals surface area (Å²) in [5.74, 6) is 0.863. The first-order chi connectivity index (χ1) is 19.2. The zero-order valence-electron chi connectivity index (χ0n) is 23.4. The van der Waals surface area contributed by atoms with Crippen LogP contribution in [0.15, 0.2) is 41.8 Å². The number of nitrogens with zero attached hydrogens (tertiary/aromatic N) is 6. The van der Waals surface area contributed by atoms with Crippen molar-refractivity contribution in [3.05, 3.63) is 47.4 Å². The van der Waals surface area contributed by atoms with Gasteiger partial charge in [-0.05, 0) is 63.8 Å². The minimum Gasteiger partial charge on any atom is -0.493 e. The number of anilines is 1. The molecule has 5 rings (SSSR count). The van der Waals surface area contributed by atoms with Gasteiger partial charge in [0.25, 0.3) is 0 Å². The molecule has 0 saturated heterocycles. The van der Waals surface area contributed by atoms with Gasteiger partial charge in [0.15, 0.2) is 0 Å². The smallest absolute Gasteiger partial charge is 0.408 e. The number of benzene rings is 1. The molecule has 0 atom stereocenters. The number of aromatic nitrogens is 5. The van der Waals surface area contributed by atoms with Crippen molar-refractivity contribution in [2.75, 3.05) is 17.5 Å². The van der Waals surface area contributed by atoms with Crippen molar-refractivity contribution in [1.82, 2.24) is 29.9 Å². The van der Waals surface area contributed by atoms with Gasteiger partial charge in [-0.1, -0.05) is 12.1 Å². The Kier molecular flexibility index (Phi) is 7.47. The zero-order valence-corrected chi connectivity index (χ0v) is 24.3. The minimum absolute atomic E-state index is 0.163. The Balaban J connectivity index is 1.30. The number of alkyl carbamates (subject to hydrolysis) is 1. The van der Waals surface area contributed by atoms with E-state index in [1.165, 1.54) is 11.9 Å². The van der Waals surface area contributed by atoms with Gasteiger partial charge in [-0.3, -0.25) is 8.99 Å². The number of halogens is 3. The highest BCUT2D eigenvalue weighted by Gasteiger charge is 2.34. The molecule has 0 fully saturated rings. The molecule has 1 amide bonds. The number of nitrogens with one attached hydrogen (secondary N) is 1. The molecule has 3 aromatic rings. The van der Waals surface area contributed by atoms with E-state index in [0.29, 0.717) is 31.9 Å². The van der Waals surface area contributed by atoms with Gasteiger partial charge >= 0.3 is 12.3 Å². The maximum Gasteiger partial charge on any atom is 0.408 e. The number of fused-ring (bicyclic) bond motifs is 2. The van der Waals surface area contributed by atoms with E-state index in [9.17, 15) is 18.0 Å². The van der Waals surface area contributed by atoms with Crippen LogP contribution in [0.3, 0.4) is 0 Å². The van der Waals surface area contributed by atoms with Gasteiger partial charge in [-0.25, -0.2) is 9.48 Å². The van der Waals surface area contributed by atoms with E-state index in [1.54, 1.807) is 15.2 Å². The van der Waals surface area contributed by atoms with Crippen LogP contribution in [0.2, 0.25) is 0 Å². The molecule has 2 aromatic heterocycles. The summed E-state index contributed by atoms with van der Waals surface area (Å²) in [6.07, 6.45) is 0.549. The summed E-state index contributed by atoms with van der Waals surface area (Å²) in [6.45, 7) is 9.28. The number of hydrogen-bond acceptors (Lipinski definition) is 8. The van der Waals surface area contributed by atoms with Crippen molar-refractivity contribution in [2.45, 2.75) is 71.4 Å². The molecule has 4 heterocycles. The highest BCUT2D eigenvalue weighted by Crippen LogP contribution is 2.46. The number of alkyl halides is 3. The van der Waals surface area contributed by atoms with Crippen molar-refractivity contribution in [3.8, 4) is 16.9 Å². The number of hydrogen-bond donors (Lipinski definition) is 1. The average Bonchev–Trinajstić information content (AvgIpc) is 3.54. The van der Waals surface area contributed by atoms with E-state index in [2.05, 4.69) is 20.5 Å². The lowest BCUT2D eigenvalue weighted by Crippen LogP contribution is -2.48. The van der Waals surface area contributed by atoms with E-state index >= 15 is 0 Å².